The van der Waals surface area contributed by atoms with Crippen molar-refractivity contribution in [2.45, 2.75) is 0 Å². The van der Waals surface area contributed by atoms with Gasteiger partial charge in [0.15, 0.2) is 0 Å². The molecule has 0 aliphatic carbocycles. The quantitative estimate of drug-likeness (QED) is 0.537. The molecule has 2 heterocycles. The monoisotopic (exact) mass is 318 g/mol. The normalized spacial score (nSPS) is 10.8. The zero-order chi connectivity index (χ0) is 13.4. The van der Waals surface area contributed by atoms with Gasteiger partial charge in [-0.05, 0) is 22.0 Å². The summed E-state index contributed by atoms with van der Waals surface area (Å²) in [5, 5.41) is 16.2. The average molecular weight is 319 g/mol. The second kappa shape index (κ2) is 4.43. The van der Waals surface area contributed by atoms with E-state index >= 15 is 0 Å². The van der Waals surface area contributed by atoms with E-state index in [0.717, 1.165) is 10.9 Å². The third kappa shape index (κ3) is 1.97. The van der Waals surface area contributed by atoms with Gasteiger partial charge in [-0.25, -0.2) is 9.67 Å². The molecule has 0 amide bonds. The van der Waals surface area contributed by atoms with E-state index in [0.29, 0.717) is 4.47 Å². The highest BCUT2D eigenvalue weighted by molar-refractivity contribution is 9.10. The van der Waals surface area contributed by atoms with Crippen LogP contribution >= 0.6 is 15.9 Å². The number of hydrogen-bond acceptors (Lipinski definition) is 4. The molecule has 6 nitrogen and oxygen atoms in total. The number of benzene rings is 1. The summed E-state index contributed by atoms with van der Waals surface area (Å²) in [7, 11) is 0. The van der Waals surface area contributed by atoms with Crippen LogP contribution in [0, 0.1) is 10.1 Å². The first-order chi connectivity index (χ1) is 9.16. The van der Waals surface area contributed by atoms with E-state index in [9.17, 15) is 10.1 Å². The van der Waals surface area contributed by atoms with E-state index in [2.05, 4.69) is 26.0 Å². The first-order valence-electron chi connectivity index (χ1n) is 5.40. The van der Waals surface area contributed by atoms with Gasteiger partial charge >= 0.3 is 5.69 Å². The molecule has 0 unspecified atom stereocenters. The molecule has 0 aliphatic rings. The largest absolute Gasteiger partial charge is 0.314 e. The molecule has 0 spiro atoms. The molecule has 0 N–H and O–H groups in total. The molecule has 7 heteroatoms. The number of aromatic nitrogens is 3. The summed E-state index contributed by atoms with van der Waals surface area (Å²) in [4.78, 5) is 14.7. The lowest BCUT2D eigenvalue weighted by molar-refractivity contribution is -0.385. The fraction of sp³-hybridized carbons (Fsp3) is 0. The summed E-state index contributed by atoms with van der Waals surface area (Å²) in [6, 6.07) is 8.89. The number of fused-ring (bicyclic) bond motifs is 1. The Bertz CT molecular complexity index is 784. The Hall–Kier alpha value is -2.28. The highest BCUT2D eigenvalue weighted by atomic mass is 79.9. The Kier molecular flexibility index (Phi) is 2.75. The minimum atomic E-state index is -0.469. The van der Waals surface area contributed by atoms with Gasteiger partial charge in [-0.2, -0.15) is 5.10 Å². The summed E-state index contributed by atoms with van der Waals surface area (Å²) in [5.41, 5.74) is 0.684. The first-order valence-corrected chi connectivity index (χ1v) is 6.19. The second-order valence-corrected chi connectivity index (χ2v) is 4.78. The highest BCUT2D eigenvalue weighted by Crippen LogP contribution is 2.26. The van der Waals surface area contributed by atoms with E-state index in [-0.39, 0.29) is 11.5 Å². The van der Waals surface area contributed by atoms with Gasteiger partial charge in [0, 0.05) is 22.1 Å². The van der Waals surface area contributed by atoms with Crippen LogP contribution in [-0.4, -0.2) is 19.7 Å². The predicted molar refractivity (Wildman–Crippen MR) is 73.2 cm³/mol. The van der Waals surface area contributed by atoms with Gasteiger partial charge in [-0.3, -0.25) is 10.1 Å². The van der Waals surface area contributed by atoms with E-state index in [1.54, 1.807) is 6.20 Å². The fourth-order valence-corrected chi connectivity index (χ4v) is 2.18. The van der Waals surface area contributed by atoms with Crippen LogP contribution in [0.4, 0.5) is 5.69 Å². The highest BCUT2D eigenvalue weighted by Gasteiger charge is 2.19. The smallest absolute Gasteiger partial charge is 0.258 e. The Balaban J connectivity index is 2.30. The van der Waals surface area contributed by atoms with E-state index in [1.807, 2.05) is 24.3 Å². The fourth-order valence-electron chi connectivity index (χ4n) is 1.86. The van der Waals surface area contributed by atoms with Crippen LogP contribution in [0.15, 0.2) is 47.2 Å². The molecule has 94 valence electrons. The summed E-state index contributed by atoms with van der Waals surface area (Å²) in [6.45, 7) is 0. The van der Waals surface area contributed by atoms with Crippen LogP contribution in [0.2, 0.25) is 0 Å². The zero-order valence-corrected chi connectivity index (χ0v) is 11.1. The Morgan fingerprint density at radius 2 is 2.05 bits per heavy atom. The van der Waals surface area contributed by atoms with Crippen molar-refractivity contribution in [3.8, 4) is 5.82 Å². The van der Waals surface area contributed by atoms with Crippen molar-refractivity contribution < 1.29 is 4.92 Å². The molecule has 1 aromatic carbocycles. The van der Waals surface area contributed by atoms with Crippen LogP contribution in [0.3, 0.4) is 0 Å². The SMILES string of the molecule is O=[N+]([O-])c1cc(Br)cnc1-n1ncc2ccccc21. The molecule has 0 saturated carbocycles. The van der Waals surface area contributed by atoms with Gasteiger partial charge in [-0.15, -0.1) is 0 Å². The molecule has 0 bridgehead atoms. The number of para-hydroxylation sites is 1. The lowest BCUT2D eigenvalue weighted by atomic mass is 10.2. The molecule has 0 aliphatic heterocycles. The molecule has 19 heavy (non-hydrogen) atoms. The topological polar surface area (TPSA) is 73.8 Å². The summed E-state index contributed by atoms with van der Waals surface area (Å²) in [5.74, 6) is 0.203. The van der Waals surface area contributed by atoms with Crippen molar-refractivity contribution in [2.75, 3.05) is 0 Å². The van der Waals surface area contributed by atoms with Gasteiger partial charge in [0.25, 0.3) is 0 Å². The summed E-state index contributed by atoms with van der Waals surface area (Å²) in [6.07, 6.45) is 3.17. The number of nitrogens with zero attached hydrogens (tertiary/aromatic N) is 4. The zero-order valence-electron chi connectivity index (χ0n) is 9.52. The maximum Gasteiger partial charge on any atom is 0.314 e. The Labute approximate surface area is 116 Å². The van der Waals surface area contributed by atoms with Gasteiger partial charge in [0.2, 0.25) is 5.82 Å². The minimum absolute atomic E-state index is 0.0942. The number of rotatable bonds is 2. The van der Waals surface area contributed by atoms with Gasteiger partial charge in [0.1, 0.15) is 0 Å². The minimum Gasteiger partial charge on any atom is -0.258 e. The van der Waals surface area contributed by atoms with Crippen molar-refractivity contribution in [2.24, 2.45) is 0 Å². The van der Waals surface area contributed by atoms with E-state index in [4.69, 9.17) is 0 Å². The van der Waals surface area contributed by atoms with Crippen molar-refractivity contribution >= 4 is 32.5 Å². The van der Waals surface area contributed by atoms with Crippen molar-refractivity contribution in [1.29, 1.82) is 0 Å². The predicted octanol–water partition coefficient (Wildman–Crippen LogP) is 3.09. The van der Waals surface area contributed by atoms with Crippen molar-refractivity contribution in [3.63, 3.8) is 0 Å². The van der Waals surface area contributed by atoms with Crippen molar-refractivity contribution in [1.82, 2.24) is 14.8 Å². The van der Waals surface area contributed by atoms with Gasteiger partial charge in [0.05, 0.1) is 16.6 Å². The molecule has 0 saturated heterocycles. The molecule has 0 atom stereocenters. The van der Waals surface area contributed by atoms with Crippen LogP contribution in [0.25, 0.3) is 16.7 Å². The summed E-state index contributed by atoms with van der Waals surface area (Å²) >= 11 is 3.18. The maximum absolute atomic E-state index is 11.1. The van der Waals surface area contributed by atoms with Gasteiger partial charge in [-0.1, -0.05) is 18.2 Å². The van der Waals surface area contributed by atoms with Crippen LogP contribution < -0.4 is 0 Å². The maximum atomic E-state index is 11.1. The average Bonchev–Trinajstić information content (AvgIpc) is 2.82. The lowest BCUT2D eigenvalue weighted by Crippen LogP contribution is -2.04. The van der Waals surface area contributed by atoms with Crippen LogP contribution in [0.1, 0.15) is 0 Å². The Morgan fingerprint density at radius 1 is 1.26 bits per heavy atom. The third-order valence-electron chi connectivity index (χ3n) is 2.69. The molecule has 2 aromatic heterocycles. The molecular weight excluding hydrogens is 312 g/mol. The first kappa shape index (κ1) is 11.8. The lowest BCUT2D eigenvalue weighted by Gasteiger charge is -2.03. The molecule has 3 aromatic rings. The van der Waals surface area contributed by atoms with Crippen LogP contribution in [-0.2, 0) is 0 Å². The molecule has 0 fully saturated rings. The van der Waals surface area contributed by atoms with Crippen molar-refractivity contribution in [3.05, 3.63) is 57.3 Å². The third-order valence-corrected chi connectivity index (χ3v) is 3.12. The standard InChI is InChI=1S/C12H7BrN4O2/c13-9-5-11(17(18)19)12(14-7-9)16-10-4-2-1-3-8(10)6-15-16/h1-7H. The summed E-state index contributed by atoms with van der Waals surface area (Å²) < 4.78 is 2.03. The number of nitro groups is 1. The van der Waals surface area contributed by atoms with E-state index < -0.39 is 4.92 Å². The van der Waals surface area contributed by atoms with Gasteiger partial charge < -0.3 is 0 Å². The Morgan fingerprint density at radius 3 is 2.84 bits per heavy atom. The number of hydrogen-bond donors (Lipinski definition) is 0. The number of halogens is 1. The number of pyridine rings is 1. The molecule has 3 rings (SSSR count). The van der Waals surface area contributed by atoms with E-state index in [1.165, 1.54) is 16.9 Å². The molecule has 0 radical (unpaired) electrons. The van der Waals surface area contributed by atoms with Crippen LogP contribution in [0.5, 0.6) is 0 Å². The second-order valence-electron chi connectivity index (χ2n) is 3.87. The molecular formula is C12H7BrN4O2.